The molecule has 2 aromatic rings. The zero-order valence-corrected chi connectivity index (χ0v) is 12.0. The highest BCUT2D eigenvalue weighted by molar-refractivity contribution is 5.93. The van der Waals surface area contributed by atoms with Crippen molar-refractivity contribution in [3.63, 3.8) is 0 Å². The van der Waals surface area contributed by atoms with Crippen LogP contribution in [0.4, 0.5) is 0 Å². The summed E-state index contributed by atoms with van der Waals surface area (Å²) >= 11 is 0. The van der Waals surface area contributed by atoms with Crippen LogP contribution in [0.5, 0.6) is 0 Å². The topological polar surface area (TPSA) is 29.1 Å². The van der Waals surface area contributed by atoms with E-state index < -0.39 is 0 Å². The molecule has 1 aliphatic heterocycles. The number of Topliss-reactive ketones (excluding diaryl/α,β-unsaturated/α-hetero) is 1. The molecule has 1 fully saturated rings. The van der Waals surface area contributed by atoms with E-state index in [2.05, 4.69) is 42.6 Å². The lowest BCUT2D eigenvalue weighted by Crippen LogP contribution is -2.34. The molecule has 104 valence electrons. The Balaban J connectivity index is 1.91. The second-order valence-corrected chi connectivity index (χ2v) is 5.80. The van der Waals surface area contributed by atoms with Crippen molar-refractivity contribution in [2.45, 2.75) is 26.2 Å². The lowest BCUT2D eigenvalue weighted by atomic mass is 9.77. The van der Waals surface area contributed by atoms with Gasteiger partial charge in [-0.05, 0) is 35.7 Å². The van der Waals surface area contributed by atoms with Gasteiger partial charge in [0.25, 0.3) is 0 Å². The van der Waals surface area contributed by atoms with Gasteiger partial charge in [0.15, 0.2) is 0 Å². The number of carbonyl (C=O) groups is 1. The molecule has 0 bridgehead atoms. The molecule has 1 atom stereocenters. The van der Waals surface area contributed by atoms with Crippen LogP contribution in [-0.2, 0) is 11.2 Å². The molecule has 20 heavy (non-hydrogen) atoms. The summed E-state index contributed by atoms with van der Waals surface area (Å²) < 4.78 is 0. The summed E-state index contributed by atoms with van der Waals surface area (Å²) in [6.45, 7) is 3.94. The molecule has 1 unspecified atom stereocenters. The highest BCUT2D eigenvalue weighted by atomic mass is 16.1. The zero-order chi connectivity index (χ0) is 14.0. The number of hydrogen-bond acceptors (Lipinski definition) is 2. The van der Waals surface area contributed by atoms with Crippen molar-refractivity contribution in [2.24, 2.45) is 5.41 Å². The van der Waals surface area contributed by atoms with Crippen molar-refractivity contribution in [3.8, 4) is 0 Å². The number of ketones is 1. The minimum absolute atomic E-state index is 0.142. The van der Waals surface area contributed by atoms with Crippen molar-refractivity contribution in [1.82, 2.24) is 5.32 Å². The van der Waals surface area contributed by atoms with Crippen molar-refractivity contribution in [3.05, 3.63) is 48.0 Å². The first kappa shape index (κ1) is 13.3. The Bertz CT molecular complexity index is 621. The summed E-state index contributed by atoms with van der Waals surface area (Å²) in [4.78, 5) is 12.8. The molecule has 0 spiro atoms. The van der Waals surface area contributed by atoms with Gasteiger partial charge in [-0.1, -0.05) is 49.4 Å². The Morgan fingerprint density at radius 3 is 2.75 bits per heavy atom. The summed E-state index contributed by atoms with van der Waals surface area (Å²) in [7, 11) is 0. The van der Waals surface area contributed by atoms with Gasteiger partial charge in [-0.3, -0.25) is 4.79 Å². The Kier molecular flexibility index (Phi) is 3.58. The second-order valence-electron chi connectivity index (χ2n) is 5.80. The molecule has 0 aliphatic carbocycles. The molecule has 2 heteroatoms. The SMILES string of the molecule is CCC1(C(=O)Cc2cccc3ccccc23)CCNC1. The Labute approximate surface area is 120 Å². The molecule has 2 aromatic carbocycles. The smallest absolute Gasteiger partial charge is 0.144 e. The summed E-state index contributed by atoms with van der Waals surface area (Å²) in [6.07, 6.45) is 2.47. The molecular formula is C18H21NO. The van der Waals surface area contributed by atoms with Crippen LogP contribution in [-0.4, -0.2) is 18.9 Å². The predicted molar refractivity (Wildman–Crippen MR) is 82.9 cm³/mol. The number of rotatable bonds is 4. The van der Waals surface area contributed by atoms with E-state index in [4.69, 9.17) is 0 Å². The van der Waals surface area contributed by atoms with E-state index in [-0.39, 0.29) is 5.41 Å². The lowest BCUT2D eigenvalue weighted by Gasteiger charge is -2.25. The fourth-order valence-corrected chi connectivity index (χ4v) is 3.29. The average Bonchev–Trinajstić information content (AvgIpc) is 2.98. The van der Waals surface area contributed by atoms with Crippen molar-refractivity contribution >= 4 is 16.6 Å². The van der Waals surface area contributed by atoms with Gasteiger partial charge < -0.3 is 5.32 Å². The van der Waals surface area contributed by atoms with Gasteiger partial charge in [-0.2, -0.15) is 0 Å². The summed E-state index contributed by atoms with van der Waals surface area (Å²) in [5, 5.41) is 5.77. The van der Waals surface area contributed by atoms with Gasteiger partial charge in [-0.15, -0.1) is 0 Å². The lowest BCUT2D eigenvalue weighted by molar-refractivity contribution is -0.127. The normalized spacial score (nSPS) is 22.2. The molecule has 0 radical (unpaired) electrons. The number of hydrogen-bond donors (Lipinski definition) is 1. The fourth-order valence-electron chi connectivity index (χ4n) is 3.29. The van der Waals surface area contributed by atoms with E-state index >= 15 is 0 Å². The number of nitrogens with one attached hydrogen (secondary N) is 1. The van der Waals surface area contributed by atoms with Crippen LogP contribution in [0.1, 0.15) is 25.3 Å². The van der Waals surface area contributed by atoms with Crippen LogP contribution in [0, 0.1) is 5.41 Å². The van der Waals surface area contributed by atoms with Gasteiger partial charge in [0.05, 0.1) is 0 Å². The van der Waals surface area contributed by atoms with Crippen molar-refractivity contribution in [1.29, 1.82) is 0 Å². The molecule has 0 saturated carbocycles. The van der Waals surface area contributed by atoms with Crippen molar-refractivity contribution in [2.75, 3.05) is 13.1 Å². The first-order valence-corrected chi connectivity index (χ1v) is 7.46. The Morgan fingerprint density at radius 1 is 1.20 bits per heavy atom. The molecule has 0 amide bonds. The number of fused-ring (bicyclic) bond motifs is 1. The minimum Gasteiger partial charge on any atom is -0.316 e. The predicted octanol–water partition coefficient (Wildman–Crippen LogP) is 3.34. The average molecular weight is 267 g/mol. The highest BCUT2D eigenvalue weighted by Crippen LogP contribution is 2.32. The summed E-state index contributed by atoms with van der Waals surface area (Å²) in [5.74, 6) is 0.390. The van der Waals surface area contributed by atoms with Gasteiger partial charge in [0, 0.05) is 18.4 Å². The van der Waals surface area contributed by atoms with E-state index in [9.17, 15) is 4.79 Å². The molecule has 3 rings (SSSR count). The summed E-state index contributed by atoms with van der Waals surface area (Å²) in [6, 6.07) is 14.6. The van der Waals surface area contributed by atoms with Crippen LogP contribution in [0.3, 0.4) is 0 Å². The Hall–Kier alpha value is -1.67. The molecule has 0 aromatic heterocycles. The molecule has 1 saturated heterocycles. The summed E-state index contributed by atoms with van der Waals surface area (Å²) in [5.41, 5.74) is 1.02. The fraction of sp³-hybridized carbons (Fsp3) is 0.389. The quantitative estimate of drug-likeness (QED) is 0.920. The van der Waals surface area contributed by atoms with Gasteiger partial charge in [-0.25, -0.2) is 0 Å². The van der Waals surface area contributed by atoms with E-state index in [1.165, 1.54) is 10.8 Å². The van der Waals surface area contributed by atoms with Crippen LogP contribution < -0.4 is 5.32 Å². The third-order valence-electron chi connectivity index (χ3n) is 4.74. The molecular weight excluding hydrogens is 246 g/mol. The van der Waals surface area contributed by atoms with Crippen LogP contribution in [0.2, 0.25) is 0 Å². The zero-order valence-electron chi connectivity index (χ0n) is 12.0. The molecule has 1 aliphatic rings. The monoisotopic (exact) mass is 267 g/mol. The van der Waals surface area contributed by atoms with E-state index in [0.29, 0.717) is 12.2 Å². The van der Waals surface area contributed by atoms with Crippen LogP contribution in [0.25, 0.3) is 10.8 Å². The number of carbonyl (C=O) groups excluding carboxylic acids is 1. The molecule has 2 nitrogen and oxygen atoms in total. The third kappa shape index (κ3) is 2.25. The molecule has 1 heterocycles. The number of benzene rings is 2. The van der Waals surface area contributed by atoms with Crippen LogP contribution >= 0.6 is 0 Å². The first-order chi connectivity index (χ1) is 9.75. The standard InChI is InChI=1S/C18H21NO/c1-2-18(10-11-19-13-18)17(20)12-15-8-5-7-14-6-3-4-9-16(14)15/h3-9,19H,2,10-13H2,1H3. The Morgan fingerprint density at radius 2 is 2.00 bits per heavy atom. The van der Waals surface area contributed by atoms with Gasteiger partial charge in [0.1, 0.15) is 5.78 Å². The minimum atomic E-state index is -0.142. The van der Waals surface area contributed by atoms with E-state index in [0.717, 1.165) is 31.5 Å². The second kappa shape index (κ2) is 5.37. The maximum absolute atomic E-state index is 12.8. The largest absolute Gasteiger partial charge is 0.316 e. The van der Waals surface area contributed by atoms with Gasteiger partial charge >= 0.3 is 0 Å². The van der Waals surface area contributed by atoms with Gasteiger partial charge in [0.2, 0.25) is 0 Å². The molecule has 1 N–H and O–H groups in total. The van der Waals surface area contributed by atoms with Crippen molar-refractivity contribution < 1.29 is 4.79 Å². The maximum atomic E-state index is 12.8. The first-order valence-electron chi connectivity index (χ1n) is 7.46. The van der Waals surface area contributed by atoms with E-state index in [1.54, 1.807) is 0 Å². The maximum Gasteiger partial charge on any atom is 0.144 e. The van der Waals surface area contributed by atoms with E-state index in [1.807, 2.05) is 12.1 Å². The third-order valence-corrected chi connectivity index (χ3v) is 4.74. The highest BCUT2D eigenvalue weighted by Gasteiger charge is 2.38. The van der Waals surface area contributed by atoms with Crippen LogP contribution in [0.15, 0.2) is 42.5 Å².